The van der Waals surface area contributed by atoms with E-state index in [1.807, 2.05) is 47.7 Å². The second kappa shape index (κ2) is 14.3. The lowest BCUT2D eigenvalue weighted by molar-refractivity contribution is 0.330. The Hall–Kier alpha value is -8.46. The summed E-state index contributed by atoms with van der Waals surface area (Å²) in [6.45, 7) is 0. The smallest absolute Gasteiger partial charge is 0.208 e. The molecule has 0 amide bonds. The molecular formula is C56H35NO6S. The van der Waals surface area contributed by atoms with Crippen LogP contribution in [0.25, 0.3) is 97.0 Å². The first-order chi connectivity index (χ1) is 31.3. The van der Waals surface area contributed by atoms with E-state index >= 15 is 0 Å². The molecule has 12 aromatic rings. The first kappa shape index (κ1) is 37.3. The second-order valence-electron chi connectivity index (χ2n) is 16.0. The number of hydrogen-bond acceptors (Lipinski definition) is 8. The zero-order valence-electron chi connectivity index (χ0n) is 33.8. The largest absolute Gasteiger partial charge is 0.504 e. The molecule has 0 fully saturated rings. The average Bonchev–Trinajstić information content (AvgIpc) is 3.92. The van der Waals surface area contributed by atoms with Crippen LogP contribution in [0.15, 0.2) is 186 Å². The number of thiophene rings is 1. The number of anilines is 3. The number of fused-ring (bicyclic) bond motifs is 10. The van der Waals surface area contributed by atoms with Crippen LogP contribution in [0, 0.1) is 0 Å². The van der Waals surface area contributed by atoms with Crippen molar-refractivity contribution in [2.45, 2.75) is 0 Å². The minimum Gasteiger partial charge on any atom is -0.504 e. The molecule has 10 aromatic carbocycles. The summed E-state index contributed by atoms with van der Waals surface area (Å²) in [4.78, 5) is 2.20. The van der Waals surface area contributed by atoms with Crippen LogP contribution in [0.2, 0.25) is 0 Å². The fourth-order valence-corrected chi connectivity index (χ4v) is 10.6. The Morgan fingerprint density at radius 2 is 0.875 bits per heavy atom. The zero-order chi connectivity index (χ0) is 43.2. The van der Waals surface area contributed by atoms with Gasteiger partial charge in [0.05, 0.1) is 11.3 Å². The van der Waals surface area contributed by atoms with Crippen LogP contribution in [0.3, 0.4) is 0 Å². The predicted molar refractivity (Wildman–Crippen MR) is 261 cm³/mol. The maximum absolute atomic E-state index is 10.8. The predicted octanol–water partition coefficient (Wildman–Crippen LogP) is 15.3. The van der Waals surface area contributed by atoms with Crippen molar-refractivity contribution in [2.75, 3.05) is 4.90 Å². The van der Waals surface area contributed by atoms with Crippen molar-refractivity contribution in [1.29, 1.82) is 0 Å². The van der Waals surface area contributed by atoms with E-state index in [1.165, 1.54) is 25.6 Å². The lowest BCUT2D eigenvalue weighted by atomic mass is 9.97. The Labute approximate surface area is 369 Å². The molecular weight excluding hydrogens is 815 g/mol. The Morgan fingerprint density at radius 1 is 0.344 bits per heavy atom. The van der Waals surface area contributed by atoms with Gasteiger partial charge in [0.15, 0.2) is 11.5 Å². The topological polar surface area (TPSA) is 118 Å². The Bertz CT molecular complexity index is 3820. The van der Waals surface area contributed by atoms with Crippen LogP contribution in [0.1, 0.15) is 0 Å². The first-order valence-corrected chi connectivity index (χ1v) is 21.6. The number of aromatic hydroxyl groups is 5. The molecule has 12 rings (SSSR count). The molecule has 0 saturated heterocycles. The number of rotatable bonds is 6. The summed E-state index contributed by atoms with van der Waals surface area (Å²) in [6, 6.07) is 62.2. The van der Waals surface area contributed by atoms with Crippen LogP contribution in [0.5, 0.6) is 28.7 Å². The molecule has 2 heterocycles. The Morgan fingerprint density at radius 3 is 1.61 bits per heavy atom. The van der Waals surface area contributed by atoms with E-state index in [9.17, 15) is 25.5 Å². The quantitative estimate of drug-likeness (QED) is 0.0835. The lowest BCUT2D eigenvalue weighted by Gasteiger charge is -2.28. The van der Waals surface area contributed by atoms with Crippen molar-refractivity contribution in [3.05, 3.63) is 182 Å². The Kier molecular flexibility index (Phi) is 8.34. The summed E-state index contributed by atoms with van der Waals surface area (Å²) in [7, 11) is 0. The summed E-state index contributed by atoms with van der Waals surface area (Å²) in [5, 5.41) is 61.5. The minimum atomic E-state index is -1.00. The van der Waals surface area contributed by atoms with Gasteiger partial charge in [-0.15, -0.1) is 11.3 Å². The van der Waals surface area contributed by atoms with Gasteiger partial charge in [0.25, 0.3) is 0 Å². The van der Waals surface area contributed by atoms with E-state index < -0.39 is 28.7 Å². The average molecular weight is 850 g/mol. The molecule has 64 heavy (non-hydrogen) atoms. The third-order valence-electron chi connectivity index (χ3n) is 12.4. The van der Waals surface area contributed by atoms with E-state index in [2.05, 4.69) is 138 Å². The number of phenolic OH excluding ortho intramolecular Hbond substituents is 5. The normalized spacial score (nSPS) is 11.8. The monoisotopic (exact) mass is 849 g/mol. The van der Waals surface area contributed by atoms with Gasteiger partial charge in [-0.3, -0.25) is 0 Å². The molecule has 8 heteroatoms. The van der Waals surface area contributed by atoms with Crippen LogP contribution in [-0.4, -0.2) is 25.5 Å². The molecule has 0 aliphatic heterocycles. The summed E-state index contributed by atoms with van der Waals surface area (Å²) in [5.74, 6) is -4.35. The van der Waals surface area contributed by atoms with Crippen molar-refractivity contribution < 1.29 is 29.9 Å². The fourth-order valence-electron chi connectivity index (χ4n) is 9.24. The van der Waals surface area contributed by atoms with Crippen molar-refractivity contribution >= 4 is 92.1 Å². The number of para-hydroxylation sites is 1. The van der Waals surface area contributed by atoms with Crippen molar-refractivity contribution in [2.24, 2.45) is 0 Å². The number of nitrogens with zero attached hydrogens (tertiary/aromatic N) is 1. The molecule has 2 aromatic heterocycles. The van der Waals surface area contributed by atoms with Crippen LogP contribution >= 0.6 is 11.3 Å². The lowest BCUT2D eigenvalue weighted by Crippen LogP contribution is -2.10. The molecule has 0 saturated carbocycles. The fraction of sp³-hybridized carbons (Fsp3) is 0. The van der Waals surface area contributed by atoms with Crippen molar-refractivity contribution in [1.82, 2.24) is 0 Å². The first-order valence-electron chi connectivity index (χ1n) is 20.8. The highest BCUT2D eigenvalue weighted by Gasteiger charge is 2.25. The van der Waals surface area contributed by atoms with Gasteiger partial charge in [-0.2, -0.15) is 0 Å². The van der Waals surface area contributed by atoms with Gasteiger partial charge in [-0.1, -0.05) is 127 Å². The van der Waals surface area contributed by atoms with Crippen molar-refractivity contribution in [3.8, 4) is 62.1 Å². The number of benzene rings is 10. The van der Waals surface area contributed by atoms with Crippen LogP contribution < -0.4 is 4.90 Å². The number of furan rings is 1. The van der Waals surface area contributed by atoms with Crippen molar-refractivity contribution in [3.63, 3.8) is 0 Å². The summed E-state index contributed by atoms with van der Waals surface area (Å²) in [5.41, 5.74) is 8.77. The molecule has 0 aliphatic rings. The standard InChI is InChI=1S/C56H35NO6S/c58-50-49(51(59)53(61)54(62)52(50)60)33-18-24-38(25-19-33)57(46-30-45-43-26-20-32-8-1-2-11-39(32)55(43)64-56(45)42-14-4-3-12-40(42)46)37-22-16-31(17-23-37)34-9-7-10-35(28-34)36-21-27-48-44(29-36)41-13-5-6-15-47(41)63-48/h1-30,58-62H. The molecule has 0 spiro atoms. The summed E-state index contributed by atoms with van der Waals surface area (Å²) < 4.78 is 8.54. The molecule has 306 valence electrons. The summed E-state index contributed by atoms with van der Waals surface area (Å²) in [6.07, 6.45) is 0. The van der Waals surface area contributed by atoms with E-state index in [-0.39, 0.29) is 5.56 Å². The van der Waals surface area contributed by atoms with E-state index in [0.717, 1.165) is 77.4 Å². The van der Waals surface area contributed by atoms with Gasteiger partial charge in [-0.25, -0.2) is 0 Å². The Balaban J connectivity index is 1.01. The molecule has 7 nitrogen and oxygen atoms in total. The van der Waals surface area contributed by atoms with Gasteiger partial charge in [0.2, 0.25) is 17.2 Å². The molecule has 0 bridgehead atoms. The van der Waals surface area contributed by atoms with Gasteiger partial charge < -0.3 is 34.8 Å². The molecule has 0 aliphatic carbocycles. The minimum absolute atomic E-state index is 0.209. The zero-order valence-corrected chi connectivity index (χ0v) is 34.6. The van der Waals surface area contributed by atoms with E-state index in [1.54, 1.807) is 12.1 Å². The third kappa shape index (κ3) is 5.73. The van der Waals surface area contributed by atoms with Crippen LogP contribution in [0.4, 0.5) is 17.1 Å². The van der Waals surface area contributed by atoms with E-state index in [0.29, 0.717) is 5.56 Å². The maximum Gasteiger partial charge on any atom is 0.208 e. The highest BCUT2D eigenvalue weighted by Crippen LogP contribution is 2.55. The molecule has 5 N–H and O–H groups in total. The third-order valence-corrected chi connectivity index (χ3v) is 13.7. The highest BCUT2D eigenvalue weighted by molar-refractivity contribution is 7.27. The van der Waals surface area contributed by atoms with Crippen LogP contribution in [-0.2, 0) is 0 Å². The van der Waals surface area contributed by atoms with Gasteiger partial charge in [0.1, 0.15) is 11.2 Å². The van der Waals surface area contributed by atoms with Gasteiger partial charge in [0, 0.05) is 53.1 Å². The van der Waals surface area contributed by atoms with E-state index in [4.69, 9.17) is 4.42 Å². The molecule has 0 atom stereocenters. The van der Waals surface area contributed by atoms with Gasteiger partial charge >= 0.3 is 0 Å². The van der Waals surface area contributed by atoms with Gasteiger partial charge in [-0.05, 0) is 93.2 Å². The number of hydrogen-bond donors (Lipinski definition) is 5. The SMILES string of the molecule is Oc1c(O)c(O)c(-c2ccc(N(c3ccc(-c4cccc(-c5ccc6oc7ccccc7c6c5)c4)cc3)c3cc4c5ccc6ccccc6c5sc4c4ccccc34)cc2)c(O)c1O. The molecule has 0 radical (unpaired) electrons. The highest BCUT2D eigenvalue weighted by atomic mass is 32.1. The maximum atomic E-state index is 10.8. The molecule has 0 unspecified atom stereocenters. The summed E-state index contributed by atoms with van der Waals surface area (Å²) >= 11 is 1.81. The number of phenols is 5. The second-order valence-corrected chi connectivity index (χ2v) is 17.0.